The molecule has 1 aromatic rings. The molecule has 1 rings (SSSR count). The number of hydrogen-bond donors (Lipinski definition) is 0. The molecular formula is C8H9N. The molecule has 2 radical (unpaired) electrons. The van der Waals surface area contributed by atoms with Gasteiger partial charge in [0.1, 0.15) is 0 Å². The summed E-state index contributed by atoms with van der Waals surface area (Å²) >= 11 is 0. The molecule has 0 amide bonds. The molecule has 0 bridgehead atoms. The van der Waals surface area contributed by atoms with Crippen LogP contribution in [0.4, 0.5) is 5.69 Å². The summed E-state index contributed by atoms with van der Waals surface area (Å²) < 4.78 is 0. The number of rotatable bonds is 1. The number of benzene rings is 1. The first-order valence-corrected chi connectivity index (χ1v) is 3.11. The first-order valence-electron chi connectivity index (χ1n) is 3.11. The van der Waals surface area contributed by atoms with E-state index in [2.05, 4.69) is 6.92 Å². The Kier molecular flexibility index (Phi) is 1.73. The van der Waals surface area contributed by atoms with Crippen LogP contribution in [0.5, 0.6) is 0 Å². The molecule has 0 aliphatic rings. The van der Waals surface area contributed by atoms with Crippen molar-refractivity contribution in [2.75, 3.05) is 0 Å². The molecule has 0 fully saturated rings. The molecule has 1 nitrogen and oxygen atoms in total. The Morgan fingerprint density at radius 1 is 1.22 bits per heavy atom. The van der Waals surface area contributed by atoms with Crippen LogP contribution in [-0.2, 0) is 6.42 Å². The van der Waals surface area contributed by atoms with Crippen molar-refractivity contribution in [1.29, 1.82) is 0 Å². The molecule has 9 heavy (non-hydrogen) atoms. The van der Waals surface area contributed by atoms with Gasteiger partial charge in [-0.25, -0.2) is 0 Å². The van der Waals surface area contributed by atoms with Gasteiger partial charge in [-0.2, -0.15) is 5.73 Å². The molecule has 46 valence electrons. The molecule has 0 atom stereocenters. The third kappa shape index (κ3) is 1.46. The van der Waals surface area contributed by atoms with Crippen LogP contribution in [0.15, 0.2) is 24.3 Å². The first kappa shape index (κ1) is 6.14. The molecule has 1 heteroatoms. The van der Waals surface area contributed by atoms with Crippen LogP contribution in [0, 0.1) is 0 Å². The summed E-state index contributed by atoms with van der Waals surface area (Å²) in [6.07, 6.45) is 1.03. The Balaban J connectivity index is 2.88. The molecule has 0 saturated carbocycles. The van der Waals surface area contributed by atoms with Crippen LogP contribution < -0.4 is 5.73 Å². The highest BCUT2D eigenvalue weighted by Gasteiger charge is 1.87. The van der Waals surface area contributed by atoms with E-state index < -0.39 is 0 Å². The minimum Gasteiger partial charge on any atom is -0.151 e. The maximum atomic E-state index is 8.85. The molecule has 0 heterocycles. The highest BCUT2D eigenvalue weighted by Crippen LogP contribution is 2.06. The van der Waals surface area contributed by atoms with Crippen molar-refractivity contribution in [3.8, 4) is 0 Å². The fourth-order valence-corrected chi connectivity index (χ4v) is 0.732. The zero-order valence-corrected chi connectivity index (χ0v) is 5.46. The van der Waals surface area contributed by atoms with Crippen LogP contribution >= 0.6 is 0 Å². The van der Waals surface area contributed by atoms with Crippen LogP contribution in [0.25, 0.3) is 0 Å². The van der Waals surface area contributed by atoms with E-state index in [0.717, 1.165) is 6.42 Å². The Hall–Kier alpha value is -0.980. The van der Waals surface area contributed by atoms with Crippen molar-refractivity contribution in [2.24, 2.45) is 0 Å². The van der Waals surface area contributed by atoms with E-state index in [9.17, 15) is 0 Å². The summed E-state index contributed by atoms with van der Waals surface area (Å²) in [5.74, 6) is 0. The summed E-state index contributed by atoms with van der Waals surface area (Å²) in [6, 6.07) is 7.27. The van der Waals surface area contributed by atoms with Crippen molar-refractivity contribution in [1.82, 2.24) is 5.73 Å². The second-order valence-corrected chi connectivity index (χ2v) is 2.02. The predicted octanol–water partition coefficient (Wildman–Crippen LogP) is 1.95. The van der Waals surface area contributed by atoms with Gasteiger partial charge < -0.3 is 0 Å². The van der Waals surface area contributed by atoms with Crippen molar-refractivity contribution >= 4 is 5.69 Å². The average molecular weight is 119 g/mol. The minimum atomic E-state index is 0.340. The molecule has 0 unspecified atom stereocenters. The number of aryl methyl sites for hydroxylation is 1. The fraction of sp³-hybridized carbons (Fsp3) is 0.250. The SMILES string of the molecule is CCc1ccc([N])cc1. The third-order valence-corrected chi connectivity index (χ3v) is 1.34. The fourth-order valence-electron chi connectivity index (χ4n) is 0.732. The molecule has 0 aromatic heterocycles. The smallest absolute Gasteiger partial charge is 0.0857 e. The van der Waals surface area contributed by atoms with E-state index >= 15 is 0 Å². The van der Waals surface area contributed by atoms with Gasteiger partial charge in [0.15, 0.2) is 0 Å². The average Bonchev–Trinajstić information content (AvgIpc) is 1.90. The lowest BCUT2D eigenvalue weighted by atomic mass is 10.2. The molecule has 1 aromatic carbocycles. The van der Waals surface area contributed by atoms with Crippen molar-refractivity contribution < 1.29 is 0 Å². The van der Waals surface area contributed by atoms with Gasteiger partial charge >= 0.3 is 0 Å². The summed E-state index contributed by atoms with van der Waals surface area (Å²) in [7, 11) is 0. The van der Waals surface area contributed by atoms with E-state index in [-0.39, 0.29) is 0 Å². The Bertz CT molecular complexity index is 176. The summed E-state index contributed by atoms with van der Waals surface area (Å²) in [5, 5.41) is 0. The normalized spacial score (nSPS) is 9.44. The van der Waals surface area contributed by atoms with E-state index in [1.54, 1.807) is 12.1 Å². The lowest BCUT2D eigenvalue weighted by Crippen LogP contribution is -1.76. The summed E-state index contributed by atoms with van der Waals surface area (Å²) in [6.45, 7) is 2.09. The van der Waals surface area contributed by atoms with Gasteiger partial charge in [-0.15, -0.1) is 0 Å². The van der Waals surface area contributed by atoms with Crippen LogP contribution in [0.2, 0.25) is 0 Å². The van der Waals surface area contributed by atoms with Gasteiger partial charge in [0, 0.05) is 0 Å². The quantitative estimate of drug-likeness (QED) is 0.539. The lowest BCUT2D eigenvalue weighted by Gasteiger charge is -1.92. The maximum Gasteiger partial charge on any atom is 0.0857 e. The molecular weight excluding hydrogens is 110 g/mol. The van der Waals surface area contributed by atoms with Crippen molar-refractivity contribution in [2.45, 2.75) is 13.3 Å². The van der Waals surface area contributed by atoms with E-state index in [0.29, 0.717) is 5.69 Å². The molecule has 0 spiro atoms. The van der Waals surface area contributed by atoms with Crippen molar-refractivity contribution in [3.63, 3.8) is 0 Å². The van der Waals surface area contributed by atoms with Gasteiger partial charge in [0.2, 0.25) is 0 Å². The standard InChI is InChI=1S/C8H9N/c1-2-7-3-5-8(9)6-4-7/h3-6H,2H2,1H3. The Morgan fingerprint density at radius 3 is 2.22 bits per heavy atom. The van der Waals surface area contributed by atoms with E-state index in [4.69, 9.17) is 5.73 Å². The molecule has 0 N–H and O–H groups in total. The zero-order valence-electron chi connectivity index (χ0n) is 5.46. The Morgan fingerprint density at radius 2 is 1.78 bits per heavy atom. The summed E-state index contributed by atoms with van der Waals surface area (Å²) in [5.41, 5.74) is 10.4. The van der Waals surface area contributed by atoms with Crippen LogP contribution in [-0.4, -0.2) is 0 Å². The number of nitrogens with zero attached hydrogens (tertiary/aromatic N) is 1. The second kappa shape index (κ2) is 2.53. The van der Waals surface area contributed by atoms with Gasteiger partial charge in [0.05, 0.1) is 5.69 Å². The van der Waals surface area contributed by atoms with Gasteiger partial charge in [-0.3, -0.25) is 0 Å². The Labute approximate surface area is 55.5 Å². The van der Waals surface area contributed by atoms with Gasteiger partial charge in [-0.05, 0) is 24.1 Å². The number of hydrogen-bond acceptors (Lipinski definition) is 0. The molecule has 0 saturated heterocycles. The zero-order chi connectivity index (χ0) is 6.69. The van der Waals surface area contributed by atoms with Crippen LogP contribution in [0.1, 0.15) is 12.5 Å². The van der Waals surface area contributed by atoms with E-state index in [1.807, 2.05) is 12.1 Å². The minimum absolute atomic E-state index is 0.340. The maximum absolute atomic E-state index is 8.85. The van der Waals surface area contributed by atoms with Gasteiger partial charge in [0.25, 0.3) is 0 Å². The third-order valence-electron chi connectivity index (χ3n) is 1.34. The van der Waals surface area contributed by atoms with E-state index in [1.165, 1.54) is 5.56 Å². The highest BCUT2D eigenvalue weighted by atomic mass is 14.5. The summed E-state index contributed by atoms with van der Waals surface area (Å²) in [4.78, 5) is 0. The molecule has 0 aliphatic heterocycles. The monoisotopic (exact) mass is 119 g/mol. The van der Waals surface area contributed by atoms with Crippen LogP contribution in [0.3, 0.4) is 0 Å². The van der Waals surface area contributed by atoms with Gasteiger partial charge in [-0.1, -0.05) is 19.1 Å². The highest BCUT2D eigenvalue weighted by molar-refractivity contribution is 5.35. The largest absolute Gasteiger partial charge is 0.151 e. The predicted molar refractivity (Wildman–Crippen MR) is 37.6 cm³/mol. The first-order chi connectivity index (χ1) is 4.33. The second-order valence-electron chi connectivity index (χ2n) is 2.02. The topological polar surface area (TPSA) is 22.3 Å². The van der Waals surface area contributed by atoms with Crippen molar-refractivity contribution in [3.05, 3.63) is 29.8 Å². The molecule has 0 aliphatic carbocycles. The lowest BCUT2D eigenvalue weighted by molar-refractivity contribution is 1.14.